The zero-order valence-corrected chi connectivity index (χ0v) is 17.0. The van der Waals surface area contributed by atoms with Crippen molar-refractivity contribution in [1.82, 2.24) is 20.5 Å². The van der Waals surface area contributed by atoms with Crippen molar-refractivity contribution < 1.29 is 23.6 Å². The lowest BCUT2D eigenvalue weighted by atomic mass is 9.98. The number of amides is 4. The maximum absolute atomic E-state index is 13.2. The third-order valence-corrected chi connectivity index (χ3v) is 4.34. The van der Waals surface area contributed by atoms with Crippen molar-refractivity contribution in [3.8, 4) is 0 Å². The van der Waals surface area contributed by atoms with Crippen LogP contribution < -0.4 is 10.6 Å². The third kappa shape index (κ3) is 5.61. The van der Waals surface area contributed by atoms with Gasteiger partial charge in [-0.2, -0.15) is 0 Å². The van der Waals surface area contributed by atoms with Gasteiger partial charge >= 0.3 is 12.1 Å². The molecule has 1 aliphatic heterocycles. The Bertz CT molecular complexity index is 685. The maximum Gasteiger partial charge on any atom is 0.408 e. The zero-order chi connectivity index (χ0) is 20.9. The van der Waals surface area contributed by atoms with Gasteiger partial charge in [0.1, 0.15) is 17.9 Å². The molecule has 0 radical (unpaired) electrons. The van der Waals surface area contributed by atoms with E-state index < -0.39 is 23.8 Å². The van der Waals surface area contributed by atoms with Gasteiger partial charge in [-0.15, -0.1) is 0 Å². The van der Waals surface area contributed by atoms with Crippen molar-refractivity contribution in [2.75, 3.05) is 18.4 Å². The number of anilines is 1. The van der Waals surface area contributed by atoms with Gasteiger partial charge in [-0.25, -0.2) is 19.6 Å². The molecule has 2 rings (SSSR count). The van der Waals surface area contributed by atoms with E-state index in [2.05, 4.69) is 15.8 Å². The fourth-order valence-electron chi connectivity index (χ4n) is 2.78. The molecule has 0 aromatic carbocycles. The van der Waals surface area contributed by atoms with E-state index in [-0.39, 0.29) is 17.6 Å². The Labute approximate surface area is 164 Å². The summed E-state index contributed by atoms with van der Waals surface area (Å²) in [4.78, 5) is 37.9. The number of carbonyl (C=O) groups is 3. The van der Waals surface area contributed by atoms with E-state index in [0.29, 0.717) is 25.9 Å². The second-order valence-electron chi connectivity index (χ2n) is 7.76. The maximum atomic E-state index is 13.2. The summed E-state index contributed by atoms with van der Waals surface area (Å²) in [5.74, 6) is -0.233. The summed E-state index contributed by atoms with van der Waals surface area (Å²) in [5.41, 5.74) is -0.676. The highest BCUT2D eigenvalue weighted by molar-refractivity contribution is 5.92. The van der Waals surface area contributed by atoms with E-state index in [1.165, 1.54) is 22.3 Å². The Kier molecular flexibility index (Phi) is 6.87. The average Bonchev–Trinajstić information content (AvgIpc) is 3.28. The van der Waals surface area contributed by atoms with Gasteiger partial charge in [0.25, 0.3) is 5.91 Å². The van der Waals surface area contributed by atoms with Gasteiger partial charge in [-0.3, -0.25) is 10.1 Å². The van der Waals surface area contributed by atoms with Crippen LogP contribution in [0, 0.1) is 5.92 Å². The number of hydrogen-bond acceptors (Lipinski definition) is 6. The molecular weight excluding hydrogens is 366 g/mol. The van der Waals surface area contributed by atoms with E-state index in [9.17, 15) is 14.4 Å². The van der Waals surface area contributed by atoms with Crippen molar-refractivity contribution in [2.24, 2.45) is 5.92 Å². The first kappa shape index (κ1) is 21.5. The molecule has 28 heavy (non-hydrogen) atoms. The smallest absolute Gasteiger partial charge is 0.408 e. The van der Waals surface area contributed by atoms with E-state index >= 15 is 0 Å². The van der Waals surface area contributed by atoms with Crippen LogP contribution in [-0.2, 0) is 9.53 Å². The summed E-state index contributed by atoms with van der Waals surface area (Å²) in [6.45, 7) is 9.83. The molecule has 10 heteroatoms. The van der Waals surface area contributed by atoms with Gasteiger partial charge in [0, 0.05) is 19.2 Å². The van der Waals surface area contributed by atoms with Crippen LogP contribution in [0.3, 0.4) is 0 Å². The van der Waals surface area contributed by atoms with Gasteiger partial charge in [0.2, 0.25) is 0 Å². The molecule has 0 spiro atoms. The van der Waals surface area contributed by atoms with Gasteiger partial charge in [-0.05, 0) is 33.1 Å². The molecule has 0 aliphatic carbocycles. The Morgan fingerprint density at radius 3 is 2.54 bits per heavy atom. The number of hydrogen-bond donors (Lipinski definition) is 2. The minimum absolute atomic E-state index is 0.138. The summed E-state index contributed by atoms with van der Waals surface area (Å²) in [5, 5.41) is 11.6. The molecule has 2 heterocycles. The quantitative estimate of drug-likeness (QED) is 0.791. The molecule has 156 valence electrons. The number of ether oxygens (including phenoxy) is 1. The Hall–Kier alpha value is -2.78. The highest BCUT2D eigenvalue weighted by Gasteiger charge is 2.38. The summed E-state index contributed by atoms with van der Waals surface area (Å²) < 4.78 is 9.98. The Balaban J connectivity index is 2.10. The van der Waals surface area contributed by atoms with Crippen LogP contribution in [0.25, 0.3) is 0 Å². The minimum atomic E-state index is -0.805. The van der Waals surface area contributed by atoms with E-state index in [1.807, 2.05) is 13.8 Å². The fourth-order valence-corrected chi connectivity index (χ4v) is 2.78. The molecule has 1 saturated heterocycles. The molecule has 2 atom stereocenters. The zero-order valence-electron chi connectivity index (χ0n) is 17.0. The fraction of sp³-hybridized carbons (Fsp3) is 0.667. The number of urea groups is 1. The van der Waals surface area contributed by atoms with Crippen LogP contribution in [0.1, 0.15) is 47.5 Å². The molecule has 0 saturated carbocycles. The normalized spacial score (nSPS) is 16.5. The number of aromatic nitrogens is 1. The number of nitrogens with zero attached hydrogens (tertiary/aromatic N) is 3. The van der Waals surface area contributed by atoms with Crippen LogP contribution >= 0.6 is 0 Å². The monoisotopic (exact) mass is 395 g/mol. The first-order valence-electron chi connectivity index (χ1n) is 9.42. The van der Waals surface area contributed by atoms with Crippen molar-refractivity contribution in [2.45, 2.75) is 59.1 Å². The lowest BCUT2D eigenvalue weighted by Gasteiger charge is -2.33. The summed E-state index contributed by atoms with van der Waals surface area (Å²) in [7, 11) is 0. The van der Waals surface area contributed by atoms with Crippen LogP contribution in [-0.4, -0.2) is 57.9 Å². The van der Waals surface area contributed by atoms with Crippen LogP contribution in [0.2, 0.25) is 0 Å². The highest BCUT2D eigenvalue weighted by Crippen LogP contribution is 2.19. The van der Waals surface area contributed by atoms with Crippen LogP contribution in [0.4, 0.5) is 15.4 Å². The predicted octanol–water partition coefficient (Wildman–Crippen LogP) is 2.60. The molecule has 10 nitrogen and oxygen atoms in total. The molecule has 0 bridgehead atoms. The van der Waals surface area contributed by atoms with Gasteiger partial charge in [0.05, 0.1) is 0 Å². The van der Waals surface area contributed by atoms with Gasteiger partial charge in [0.15, 0.2) is 5.82 Å². The second-order valence-corrected chi connectivity index (χ2v) is 7.76. The van der Waals surface area contributed by atoms with E-state index in [1.54, 1.807) is 20.8 Å². The molecule has 1 aliphatic rings. The second kappa shape index (κ2) is 8.94. The first-order chi connectivity index (χ1) is 13.1. The van der Waals surface area contributed by atoms with Crippen molar-refractivity contribution in [1.29, 1.82) is 0 Å². The van der Waals surface area contributed by atoms with Crippen LogP contribution in [0.15, 0.2) is 16.9 Å². The number of rotatable bonds is 5. The molecule has 2 N–H and O–H groups in total. The van der Waals surface area contributed by atoms with Crippen molar-refractivity contribution in [3.05, 3.63) is 12.3 Å². The van der Waals surface area contributed by atoms with Crippen LogP contribution in [0.5, 0.6) is 0 Å². The summed E-state index contributed by atoms with van der Waals surface area (Å²) in [6.07, 6.45) is 1.98. The molecule has 1 fully saturated rings. The van der Waals surface area contributed by atoms with Gasteiger partial charge < -0.3 is 14.6 Å². The Morgan fingerprint density at radius 1 is 1.29 bits per heavy atom. The lowest BCUT2D eigenvalue weighted by molar-refractivity contribution is -0.143. The predicted molar refractivity (Wildman–Crippen MR) is 101 cm³/mol. The number of nitrogens with one attached hydrogen (secondary N) is 2. The molecular formula is C18H29N5O5. The minimum Gasteiger partial charge on any atom is -0.444 e. The molecule has 1 aromatic heterocycles. The number of hydrazine groups is 1. The first-order valence-corrected chi connectivity index (χ1v) is 9.42. The Morgan fingerprint density at radius 2 is 1.96 bits per heavy atom. The third-order valence-electron chi connectivity index (χ3n) is 4.34. The molecule has 2 unspecified atom stereocenters. The lowest BCUT2D eigenvalue weighted by Crippen LogP contribution is -2.56. The van der Waals surface area contributed by atoms with Crippen molar-refractivity contribution >= 4 is 23.8 Å². The highest BCUT2D eigenvalue weighted by atomic mass is 16.6. The largest absolute Gasteiger partial charge is 0.444 e. The van der Waals surface area contributed by atoms with Crippen molar-refractivity contribution in [3.63, 3.8) is 0 Å². The summed E-state index contributed by atoms with van der Waals surface area (Å²) >= 11 is 0. The molecule has 4 amide bonds. The standard InChI is InChI=1S/C18H29N5O5/c1-6-12(2)14(20-17(26)28-18(3,4)5)15(24)22-9-7-10-23(22)16(25)19-13-8-11-27-21-13/h8,11-12,14H,6-7,9-10H2,1-5H3,(H,20,26)(H,19,21,25). The number of alkyl carbamates (subject to hydrolysis) is 1. The SMILES string of the molecule is CCC(C)C(NC(=O)OC(C)(C)C)C(=O)N1CCCN1C(=O)Nc1ccon1. The number of carbonyl (C=O) groups excluding carboxylic acids is 3. The average molecular weight is 395 g/mol. The van der Waals surface area contributed by atoms with Gasteiger partial charge in [-0.1, -0.05) is 25.4 Å². The van der Waals surface area contributed by atoms with E-state index in [0.717, 1.165) is 0 Å². The summed E-state index contributed by atoms with van der Waals surface area (Å²) in [6, 6.07) is 0.215. The van der Waals surface area contributed by atoms with E-state index in [4.69, 9.17) is 9.26 Å². The topological polar surface area (TPSA) is 117 Å². The molecule has 1 aromatic rings.